The third-order valence-electron chi connectivity index (χ3n) is 4.66. The number of likely N-dealkylation sites (tertiary alicyclic amines) is 1. The van der Waals surface area contributed by atoms with Crippen LogP contribution in [0.1, 0.15) is 35.0 Å². The summed E-state index contributed by atoms with van der Waals surface area (Å²) in [4.78, 5) is 14.6. The Balaban J connectivity index is 1.50. The SMILES string of the molecule is O=C(c1cccc(Br)c1)N1CCCC(c2nnc(-c3ccc(F)cc3)o2)C1. The smallest absolute Gasteiger partial charge is 0.253 e. The van der Waals surface area contributed by atoms with E-state index in [1.165, 1.54) is 12.1 Å². The quantitative estimate of drug-likeness (QED) is 0.607. The second-order valence-corrected chi connectivity index (χ2v) is 7.47. The molecule has 27 heavy (non-hydrogen) atoms. The van der Waals surface area contributed by atoms with E-state index >= 15 is 0 Å². The molecule has 1 aromatic heterocycles. The molecule has 0 saturated carbocycles. The third kappa shape index (κ3) is 3.93. The number of hydrogen-bond acceptors (Lipinski definition) is 4. The van der Waals surface area contributed by atoms with Gasteiger partial charge >= 0.3 is 0 Å². The number of hydrogen-bond donors (Lipinski definition) is 0. The van der Waals surface area contributed by atoms with Crippen LogP contribution in [0.2, 0.25) is 0 Å². The largest absolute Gasteiger partial charge is 0.420 e. The summed E-state index contributed by atoms with van der Waals surface area (Å²) < 4.78 is 19.8. The number of halogens is 2. The lowest BCUT2D eigenvalue weighted by atomic mass is 9.97. The molecule has 0 aliphatic carbocycles. The van der Waals surface area contributed by atoms with E-state index in [0.29, 0.717) is 36.0 Å². The summed E-state index contributed by atoms with van der Waals surface area (Å²) >= 11 is 3.40. The van der Waals surface area contributed by atoms with Gasteiger partial charge in [-0.2, -0.15) is 0 Å². The van der Waals surface area contributed by atoms with Crippen LogP contribution in [0.5, 0.6) is 0 Å². The van der Waals surface area contributed by atoms with Crippen molar-refractivity contribution in [1.82, 2.24) is 15.1 Å². The van der Waals surface area contributed by atoms with Crippen LogP contribution >= 0.6 is 15.9 Å². The Morgan fingerprint density at radius 2 is 2.00 bits per heavy atom. The highest BCUT2D eigenvalue weighted by atomic mass is 79.9. The first-order valence-corrected chi connectivity index (χ1v) is 9.53. The molecule has 1 atom stereocenters. The van der Waals surface area contributed by atoms with Crippen LogP contribution in [-0.2, 0) is 0 Å². The molecule has 5 nitrogen and oxygen atoms in total. The Bertz CT molecular complexity index is 958. The average molecular weight is 430 g/mol. The number of benzene rings is 2. The van der Waals surface area contributed by atoms with Gasteiger partial charge in [-0.3, -0.25) is 4.79 Å². The Morgan fingerprint density at radius 1 is 1.19 bits per heavy atom. The number of rotatable bonds is 3. The van der Waals surface area contributed by atoms with Crippen LogP contribution in [0.3, 0.4) is 0 Å². The minimum absolute atomic E-state index is 0.000673. The van der Waals surface area contributed by atoms with Gasteiger partial charge in [-0.25, -0.2) is 4.39 Å². The van der Waals surface area contributed by atoms with Crippen LogP contribution in [0.25, 0.3) is 11.5 Å². The molecule has 3 aromatic rings. The van der Waals surface area contributed by atoms with E-state index in [-0.39, 0.29) is 17.6 Å². The lowest BCUT2D eigenvalue weighted by Crippen LogP contribution is -2.39. The average Bonchev–Trinajstić information content (AvgIpc) is 3.18. The van der Waals surface area contributed by atoms with E-state index in [2.05, 4.69) is 26.1 Å². The molecular weight excluding hydrogens is 413 g/mol. The predicted octanol–water partition coefficient (Wildman–Crippen LogP) is 4.66. The summed E-state index contributed by atoms with van der Waals surface area (Å²) in [6.07, 6.45) is 1.76. The molecule has 2 aromatic carbocycles. The first-order valence-electron chi connectivity index (χ1n) is 8.74. The molecule has 1 unspecified atom stereocenters. The van der Waals surface area contributed by atoms with E-state index in [9.17, 15) is 9.18 Å². The summed E-state index contributed by atoms with van der Waals surface area (Å²) in [5.74, 6) is 0.560. The van der Waals surface area contributed by atoms with E-state index < -0.39 is 0 Å². The minimum Gasteiger partial charge on any atom is -0.420 e. The molecular formula is C20H17BrFN3O2. The lowest BCUT2D eigenvalue weighted by molar-refractivity contribution is 0.0698. The molecule has 1 saturated heterocycles. The predicted molar refractivity (Wildman–Crippen MR) is 102 cm³/mol. The van der Waals surface area contributed by atoms with Crippen molar-refractivity contribution in [2.24, 2.45) is 0 Å². The van der Waals surface area contributed by atoms with Gasteiger partial charge in [-0.05, 0) is 55.3 Å². The van der Waals surface area contributed by atoms with Crippen molar-refractivity contribution < 1.29 is 13.6 Å². The van der Waals surface area contributed by atoms with Gasteiger partial charge in [0.05, 0.1) is 5.92 Å². The first-order chi connectivity index (χ1) is 13.1. The highest BCUT2D eigenvalue weighted by Gasteiger charge is 2.29. The fourth-order valence-electron chi connectivity index (χ4n) is 3.28. The third-order valence-corrected chi connectivity index (χ3v) is 5.15. The number of nitrogens with zero attached hydrogens (tertiary/aromatic N) is 3. The molecule has 4 rings (SSSR count). The lowest BCUT2D eigenvalue weighted by Gasteiger charge is -2.31. The summed E-state index contributed by atoms with van der Waals surface area (Å²) in [6.45, 7) is 1.25. The molecule has 0 bridgehead atoms. The zero-order valence-electron chi connectivity index (χ0n) is 14.4. The molecule has 1 amide bonds. The van der Waals surface area contributed by atoms with Crippen LogP contribution in [-0.4, -0.2) is 34.1 Å². The zero-order chi connectivity index (χ0) is 18.8. The molecule has 1 aliphatic heterocycles. The van der Waals surface area contributed by atoms with Crippen molar-refractivity contribution in [3.63, 3.8) is 0 Å². The zero-order valence-corrected chi connectivity index (χ0v) is 16.0. The van der Waals surface area contributed by atoms with E-state index in [0.717, 1.165) is 17.3 Å². The molecule has 7 heteroatoms. The highest BCUT2D eigenvalue weighted by Crippen LogP contribution is 2.29. The molecule has 0 radical (unpaired) electrons. The number of amides is 1. The molecule has 1 fully saturated rings. The Morgan fingerprint density at radius 3 is 2.78 bits per heavy atom. The van der Waals surface area contributed by atoms with Gasteiger partial charge in [-0.1, -0.05) is 22.0 Å². The molecule has 2 heterocycles. The minimum atomic E-state index is -0.313. The van der Waals surface area contributed by atoms with Crippen molar-refractivity contribution in [1.29, 1.82) is 0 Å². The van der Waals surface area contributed by atoms with Gasteiger partial charge in [0.1, 0.15) is 5.82 Å². The van der Waals surface area contributed by atoms with Gasteiger partial charge in [0.15, 0.2) is 0 Å². The van der Waals surface area contributed by atoms with Crippen molar-refractivity contribution in [2.45, 2.75) is 18.8 Å². The maximum atomic E-state index is 13.1. The highest BCUT2D eigenvalue weighted by molar-refractivity contribution is 9.10. The Hall–Kier alpha value is -2.54. The van der Waals surface area contributed by atoms with Gasteiger partial charge in [0, 0.05) is 28.7 Å². The monoisotopic (exact) mass is 429 g/mol. The van der Waals surface area contributed by atoms with Crippen LogP contribution in [0.15, 0.2) is 57.4 Å². The van der Waals surface area contributed by atoms with Crippen LogP contribution in [0, 0.1) is 5.82 Å². The van der Waals surface area contributed by atoms with E-state index in [4.69, 9.17) is 4.42 Å². The van der Waals surface area contributed by atoms with Gasteiger partial charge in [0.2, 0.25) is 11.8 Å². The van der Waals surface area contributed by atoms with Crippen molar-refractivity contribution >= 4 is 21.8 Å². The maximum absolute atomic E-state index is 13.1. The second kappa shape index (κ2) is 7.60. The van der Waals surface area contributed by atoms with E-state index in [1.54, 1.807) is 12.1 Å². The normalized spacial score (nSPS) is 17.1. The number of carbonyl (C=O) groups is 1. The first kappa shape index (κ1) is 17.9. The fourth-order valence-corrected chi connectivity index (χ4v) is 3.68. The molecule has 0 spiro atoms. The van der Waals surface area contributed by atoms with E-state index in [1.807, 2.05) is 29.2 Å². The Labute approximate surface area is 164 Å². The van der Waals surface area contributed by atoms with Crippen LogP contribution < -0.4 is 0 Å². The van der Waals surface area contributed by atoms with Crippen molar-refractivity contribution in [3.05, 3.63) is 70.3 Å². The Kier molecular flexibility index (Phi) is 5.03. The molecule has 1 aliphatic rings. The van der Waals surface area contributed by atoms with Gasteiger partial charge in [-0.15, -0.1) is 10.2 Å². The van der Waals surface area contributed by atoms with Crippen molar-refractivity contribution in [3.8, 4) is 11.5 Å². The second-order valence-electron chi connectivity index (χ2n) is 6.55. The summed E-state index contributed by atoms with van der Waals surface area (Å²) in [5.41, 5.74) is 1.33. The standard InChI is InChI=1S/C20H17BrFN3O2/c21-16-5-1-3-14(11-16)20(26)25-10-2-4-15(12-25)19-24-23-18(27-19)13-6-8-17(22)9-7-13/h1,3,5-9,11,15H,2,4,10,12H2. The van der Waals surface area contributed by atoms with Gasteiger partial charge < -0.3 is 9.32 Å². The fraction of sp³-hybridized carbons (Fsp3) is 0.250. The van der Waals surface area contributed by atoms with Gasteiger partial charge in [0.25, 0.3) is 5.91 Å². The number of carbonyl (C=O) groups excluding carboxylic acids is 1. The van der Waals surface area contributed by atoms with Crippen LogP contribution in [0.4, 0.5) is 4.39 Å². The topological polar surface area (TPSA) is 59.2 Å². The van der Waals surface area contributed by atoms with Crippen molar-refractivity contribution in [2.75, 3.05) is 13.1 Å². The summed E-state index contributed by atoms with van der Waals surface area (Å²) in [6, 6.07) is 13.3. The maximum Gasteiger partial charge on any atom is 0.253 e. The number of aromatic nitrogens is 2. The molecule has 0 N–H and O–H groups in total. The number of piperidine rings is 1. The summed E-state index contributed by atoms with van der Waals surface area (Å²) in [7, 11) is 0. The summed E-state index contributed by atoms with van der Waals surface area (Å²) in [5, 5.41) is 8.25. The molecule has 138 valence electrons.